The van der Waals surface area contributed by atoms with E-state index in [9.17, 15) is 4.39 Å². The zero-order valence-corrected chi connectivity index (χ0v) is 10.4. The summed E-state index contributed by atoms with van der Waals surface area (Å²) in [6, 6.07) is 7.40. The minimum absolute atomic E-state index is 0.175. The van der Waals surface area contributed by atoms with Crippen molar-refractivity contribution in [2.24, 2.45) is 0 Å². The van der Waals surface area contributed by atoms with Crippen LogP contribution >= 0.6 is 0 Å². The molecule has 2 aromatic rings. The molecule has 18 heavy (non-hydrogen) atoms. The van der Waals surface area contributed by atoms with Crippen LogP contribution in [0.3, 0.4) is 0 Å². The van der Waals surface area contributed by atoms with E-state index in [4.69, 9.17) is 0 Å². The monoisotopic (exact) mass is 245 g/mol. The molecule has 1 aliphatic rings. The Balaban J connectivity index is 1.75. The molecule has 4 heteroatoms. The van der Waals surface area contributed by atoms with Crippen LogP contribution in [0.15, 0.2) is 30.5 Å². The van der Waals surface area contributed by atoms with E-state index in [0.29, 0.717) is 18.2 Å². The number of rotatable bonds is 4. The van der Waals surface area contributed by atoms with Gasteiger partial charge in [-0.05, 0) is 25.8 Å². The van der Waals surface area contributed by atoms with Crippen molar-refractivity contribution < 1.29 is 4.39 Å². The molecule has 0 aliphatic heterocycles. The van der Waals surface area contributed by atoms with E-state index >= 15 is 0 Å². The van der Waals surface area contributed by atoms with Crippen molar-refractivity contribution in [3.8, 4) is 0 Å². The topological polar surface area (TPSA) is 29.9 Å². The molecule has 3 rings (SSSR count). The molecule has 0 bridgehead atoms. The van der Waals surface area contributed by atoms with Gasteiger partial charge in [-0.15, -0.1) is 0 Å². The van der Waals surface area contributed by atoms with E-state index in [1.165, 1.54) is 18.9 Å². The van der Waals surface area contributed by atoms with Gasteiger partial charge in [-0.1, -0.05) is 18.2 Å². The van der Waals surface area contributed by atoms with Gasteiger partial charge in [0.15, 0.2) is 0 Å². The Bertz CT molecular complexity index is 558. The Hall–Kier alpha value is -1.84. The fraction of sp³-hybridized carbons (Fsp3) is 0.357. The highest BCUT2D eigenvalue weighted by atomic mass is 19.1. The van der Waals surface area contributed by atoms with Crippen molar-refractivity contribution in [3.63, 3.8) is 0 Å². The van der Waals surface area contributed by atoms with Gasteiger partial charge in [0, 0.05) is 24.3 Å². The van der Waals surface area contributed by atoms with Crippen molar-refractivity contribution in [1.29, 1.82) is 0 Å². The van der Waals surface area contributed by atoms with Crippen LogP contribution in [-0.4, -0.2) is 9.55 Å². The van der Waals surface area contributed by atoms with Crippen LogP contribution < -0.4 is 5.32 Å². The Morgan fingerprint density at radius 2 is 2.17 bits per heavy atom. The molecule has 94 valence electrons. The quantitative estimate of drug-likeness (QED) is 0.895. The molecule has 0 atom stereocenters. The second-order valence-corrected chi connectivity index (χ2v) is 4.79. The molecule has 1 N–H and O–H groups in total. The first-order valence-electron chi connectivity index (χ1n) is 6.27. The summed E-state index contributed by atoms with van der Waals surface area (Å²) < 4.78 is 15.7. The maximum atomic E-state index is 13.5. The smallest absolute Gasteiger partial charge is 0.203 e. The first kappa shape index (κ1) is 11.3. The molecule has 1 saturated carbocycles. The van der Waals surface area contributed by atoms with E-state index < -0.39 is 0 Å². The molecule has 0 spiro atoms. The lowest BCUT2D eigenvalue weighted by Crippen LogP contribution is -2.07. The van der Waals surface area contributed by atoms with Gasteiger partial charge in [0.1, 0.15) is 5.82 Å². The minimum Gasteiger partial charge on any atom is -0.351 e. The van der Waals surface area contributed by atoms with E-state index in [1.54, 1.807) is 12.1 Å². The molecule has 0 unspecified atom stereocenters. The number of aryl methyl sites for hydroxylation is 1. The number of nitrogens with zero attached hydrogens (tertiary/aromatic N) is 2. The lowest BCUT2D eigenvalue weighted by molar-refractivity contribution is 0.612. The van der Waals surface area contributed by atoms with Gasteiger partial charge in [0.25, 0.3) is 0 Å². The third-order valence-electron chi connectivity index (χ3n) is 3.19. The largest absolute Gasteiger partial charge is 0.351 e. The number of benzene rings is 1. The zero-order valence-electron chi connectivity index (χ0n) is 10.4. The Labute approximate surface area is 106 Å². The van der Waals surface area contributed by atoms with Crippen LogP contribution in [-0.2, 0) is 6.54 Å². The molecular weight excluding hydrogens is 229 g/mol. The van der Waals surface area contributed by atoms with Crippen LogP contribution in [0, 0.1) is 12.7 Å². The highest BCUT2D eigenvalue weighted by molar-refractivity contribution is 5.32. The Morgan fingerprint density at radius 3 is 2.89 bits per heavy atom. The molecule has 1 aromatic heterocycles. The SMILES string of the molecule is Cc1cn(C2CC2)c(NCc2ccccc2F)n1. The van der Waals surface area contributed by atoms with Crippen molar-refractivity contribution in [3.05, 3.63) is 47.5 Å². The molecule has 1 aromatic carbocycles. The molecule has 1 heterocycles. The first-order valence-corrected chi connectivity index (χ1v) is 6.27. The average molecular weight is 245 g/mol. The van der Waals surface area contributed by atoms with Gasteiger partial charge < -0.3 is 9.88 Å². The van der Waals surface area contributed by atoms with Crippen LogP contribution in [0.4, 0.5) is 10.3 Å². The molecule has 0 radical (unpaired) electrons. The van der Waals surface area contributed by atoms with Crippen LogP contribution in [0.2, 0.25) is 0 Å². The van der Waals surface area contributed by atoms with E-state index in [1.807, 2.05) is 13.0 Å². The highest BCUT2D eigenvalue weighted by Gasteiger charge is 2.26. The summed E-state index contributed by atoms with van der Waals surface area (Å²) >= 11 is 0. The normalized spacial score (nSPS) is 14.8. The van der Waals surface area contributed by atoms with Gasteiger partial charge in [-0.3, -0.25) is 0 Å². The average Bonchev–Trinajstić information content (AvgIpc) is 3.13. The molecule has 0 saturated heterocycles. The fourth-order valence-electron chi connectivity index (χ4n) is 2.09. The zero-order chi connectivity index (χ0) is 12.5. The number of halogens is 1. The maximum Gasteiger partial charge on any atom is 0.203 e. The number of imidazole rings is 1. The standard InChI is InChI=1S/C14H16FN3/c1-10-9-18(12-6-7-12)14(17-10)16-8-11-4-2-3-5-13(11)15/h2-5,9,12H,6-8H2,1H3,(H,16,17). The van der Waals surface area contributed by atoms with Gasteiger partial charge in [-0.25, -0.2) is 9.37 Å². The summed E-state index contributed by atoms with van der Waals surface area (Å²) in [5.41, 5.74) is 1.67. The predicted molar refractivity (Wildman–Crippen MR) is 69.0 cm³/mol. The molecule has 1 aliphatic carbocycles. The molecule has 3 nitrogen and oxygen atoms in total. The third-order valence-corrected chi connectivity index (χ3v) is 3.19. The number of nitrogens with one attached hydrogen (secondary N) is 1. The maximum absolute atomic E-state index is 13.5. The third kappa shape index (κ3) is 2.23. The lowest BCUT2D eigenvalue weighted by Gasteiger charge is -2.09. The van der Waals surface area contributed by atoms with E-state index in [2.05, 4.69) is 21.1 Å². The van der Waals surface area contributed by atoms with Crippen molar-refractivity contribution in [2.45, 2.75) is 32.4 Å². The van der Waals surface area contributed by atoms with Crippen LogP contribution in [0.5, 0.6) is 0 Å². The Kier molecular flexibility index (Phi) is 2.78. The number of anilines is 1. The van der Waals surface area contributed by atoms with Gasteiger partial charge in [0.05, 0.1) is 5.69 Å². The van der Waals surface area contributed by atoms with Crippen molar-refractivity contribution in [2.75, 3.05) is 5.32 Å². The molecule has 1 fully saturated rings. The van der Waals surface area contributed by atoms with E-state index in [-0.39, 0.29) is 5.82 Å². The van der Waals surface area contributed by atoms with E-state index in [0.717, 1.165) is 11.6 Å². The second-order valence-electron chi connectivity index (χ2n) is 4.79. The molecular formula is C14H16FN3. The number of hydrogen-bond donors (Lipinski definition) is 1. The highest BCUT2D eigenvalue weighted by Crippen LogP contribution is 2.37. The minimum atomic E-state index is -0.175. The summed E-state index contributed by atoms with van der Waals surface area (Å²) in [6.45, 7) is 2.45. The fourth-order valence-corrected chi connectivity index (χ4v) is 2.09. The van der Waals surface area contributed by atoms with Gasteiger partial charge >= 0.3 is 0 Å². The lowest BCUT2D eigenvalue weighted by atomic mass is 10.2. The summed E-state index contributed by atoms with van der Waals surface area (Å²) in [5.74, 6) is 0.671. The first-order chi connectivity index (χ1) is 8.74. The summed E-state index contributed by atoms with van der Waals surface area (Å²) in [6.07, 6.45) is 4.48. The van der Waals surface area contributed by atoms with Crippen LogP contribution in [0.25, 0.3) is 0 Å². The molecule has 0 amide bonds. The summed E-state index contributed by atoms with van der Waals surface area (Å²) in [4.78, 5) is 4.45. The Morgan fingerprint density at radius 1 is 1.39 bits per heavy atom. The second kappa shape index (κ2) is 4.44. The number of hydrogen-bond acceptors (Lipinski definition) is 2. The van der Waals surface area contributed by atoms with Gasteiger partial charge in [0.2, 0.25) is 5.95 Å². The van der Waals surface area contributed by atoms with Crippen molar-refractivity contribution >= 4 is 5.95 Å². The summed E-state index contributed by atoms with van der Waals surface area (Å²) in [7, 11) is 0. The van der Waals surface area contributed by atoms with Crippen LogP contribution in [0.1, 0.15) is 30.1 Å². The summed E-state index contributed by atoms with van der Waals surface area (Å²) in [5, 5.41) is 3.22. The van der Waals surface area contributed by atoms with Crippen molar-refractivity contribution in [1.82, 2.24) is 9.55 Å². The predicted octanol–water partition coefficient (Wildman–Crippen LogP) is 3.28. The van der Waals surface area contributed by atoms with Gasteiger partial charge in [-0.2, -0.15) is 0 Å². The number of aromatic nitrogens is 2.